The van der Waals surface area contributed by atoms with E-state index in [2.05, 4.69) is 254 Å². The fraction of sp³-hybridized carbons (Fsp3) is 0.0492. The van der Waals surface area contributed by atoms with Crippen molar-refractivity contribution in [2.24, 2.45) is 0 Å². The Morgan fingerprint density at radius 2 is 0.937 bits per heavy atom. The number of nitrogens with zero attached hydrogens (tertiary/aromatic N) is 2. The maximum absolute atomic E-state index is 2.45. The van der Waals surface area contributed by atoms with E-state index >= 15 is 0 Å². The largest absolute Gasteiger partial charge is 0.310 e. The topological polar surface area (TPSA) is 8.17 Å². The first kappa shape index (κ1) is 36.9. The van der Waals surface area contributed by atoms with Crippen molar-refractivity contribution in [1.82, 2.24) is 4.57 Å². The third kappa shape index (κ3) is 5.94. The van der Waals surface area contributed by atoms with Gasteiger partial charge in [-0.05, 0) is 115 Å². The van der Waals surface area contributed by atoms with Crippen molar-refractivity contribution >= 4 is 49.6 Å². The summed E-state index contributed by atoms with van der Waals surface area (Å²) in [5.74, 6) is 0. The Morgan fingerprint density at radius 1 is 0.365 bits per heavy atom. The Kier molecular flexibility index (Phi) is 8.55. The molecule has 0 saturated carbocycles. The van der Waals surface area contributed by atoms with Crippen LogP contribution in [0.5, 0.6) is 0 Å². The molecular weight excluding hydrogens is 761 g/mol. The van der Waals surface area contributed by atoms with Crippen LogP contribution in [0.1, 0.15) is 25.0 Å². The average molecular weight is 805 g/mol. The van der Waals surface area contributed by atoms with E-state index in [1.54, 1.807) is 0 Å². The van der Waals surface area contributed by atoms with Crippen LogP contribution in [0, 0.1) is 0 Å². The third-order valence-corrected chi connectivity index (χ3v) is 13.4. The van der Waals surface area contributed by atoms with Gasteiger partial charge < -0.3 is 9.47 Å². The summed E-state index contributed by atoms with van der Waals surface area (Å²) in [4.78, 5) is 2.45. The van der Waals surface area contributed by atoms with Crippen LogP contribution in [0.15, 0.2) is 231 Å². The molecule has 10 aromatic carbocycles. The summed E-state index contributed by atoms with van der Waals surface area (Å²) in [7, 11) is 0. The molecule has 1 aliphatic rings. The number of hydrogen-bond acceptors (Lipinski definition) is 1. The van der Waals surface area contributed by atoms with E-state index in [1.165, 1.54) is 88.2 Å². The number of benzene rings is 10. The third-order valence-electron chi connectivity index (χ3n) is 13.4. The molecule has 0 unspecified atom stereocenters. The molecular formula is C61H44N2. The highest BCUT2D eigenvalue weighted by Crippen LogP contribution is 2.54. The zero-order chi connectivity index (χ0) is 42.1. The molecule has 63 heavy (non-hydrogen) atoms. The van der Waals surface area contributed by atoms with Gasteiger partial charge in [-0.2, -0.15) is 0 Å². The number of hydrogen-bond donors (Lipinski definition) is 0. The van der Waals surface area contributed by atoms with Crippen molar-refractivity contribution in [3.63, 3.8) is 0 Å². The molecule has 0 aliphatic heterocycles. The van der Waals surface area contributed by atoms with Crippen molar-refractivity contribution in [1.29, 1.82) is 0 Å². The highest BCUT2D eigenvalue weighted by atomic mass is 15.1. The number of anilines is 3. The molecule has 1 heterocycles. The van der Waals surface area contributed by atoms with E-state index in [-0.39, 0.29) is 5.41 Å². The van der Waals surface area contributed by atoms with E-state index in [4.69, 9.17) is 0 Å². The minimum atomic E-state index is -0.0992. The van der Waals surface area contributed by atoms with Gasteiger partial charge in [0.25, 0.3) is 0 Å². The van der Waals surface area contributed by atoms with Gasteiger partial charge in [0.15, 0.2) is 0 Å². The van der Waals surface area contributed by atoms with Crippen molar-refractivity contribution in [2.75, 3.05) is 4.90 Å². The van der Waals surface area contributed by atoms with Crippen LogP contribution in [0.25, 0.3) is 82.8 Å². The predicted molar refractivity (Wildman–Crippen MR) is 267 cm³/mol. The van der Waals surface area contributed by atoms with Crippen molar-refractivity contribution in [3.8, 4) is 50.2 Å². The molecule has 2 heteroatoms. The van der Waals surface area contributed by atoms with Crippen molar-refractivity contribution < 1.29 is 0 Å². The summed E-state index contributed by atoms with van der Waals surface area (Å²) in [6.07, 6.45) is 0. The number of para-hydroxylation sites is 3. The molecule has 298 valence electrons. The van der Waals surface area contributed by atoms with Crippen LogP contribution in [-0.2, 0) is 5.41 Å². The highest BCUT2D eigenvalue weighted by Gasteiger charge is 2.37. The zero-order valence-electron chi connectivity index (χ0n) is 35.3. The van der Waals surface area contributed by atoms with Gasteiger partial charge in [-0.25, -0.2) is 0 Å². The molecule has 0 amide bonds. The normalized spacial score (nSPS) is 12.7. The fourth-order valence-electron chi connectivity index (χ4n) is 10.4. The summed E-state index contributed by atoms with van der Waals surface area (Å²) >= 11 is 0. The first-order valence-electron chi connectivity index (χ1n) is 21.9. The molecule has 0 spiro atoms. The SMILES string of the molecule is CC1(C)c2ccccc2-c2c(-c3ccccc3N(c3ccc(-c4cccc(-n5c6ccccc6c6ccccc65)c4)cc3)c3cccc(-c4cccc5ccccc45)c3)cccc21. The van der Waals surface area contributed by atoms with Crippen LogP contribution in [0.4, 0.5) is 17.1 Å². The van der Waals surface area contributed by atoms with Gasteiger partial charge in [0.05, 0.1) is 16.7 Å². The molecule has 0 N–H and O–H groups in total. The van der Waals surface area contributed by atoms with Crippen LogP contribution >= 0.6 is 0 Å². The van der Waals surface area contributed by atoms with Crippen LogP contribution < -0.4 is 4.90 Å². The van der Waals surface area contributed by atoms with Gasteiger partial charge in [0.2, 0.25) is 0 Å². The molecule has 0 saturated heterocycles. The first-order chi connectivity index (χ1) is 31.0. The highest BCUT2D eigenvalue weighted by molar-refractivity contribution is 6.09. The van der Waals surface area contributed by atoms with Crippen LogP contribution in [0.2, 0.25) is 0 Å². The van der Waals surface area contributed by atoms with Crippen molar-refractivity contribution in [3.05, 3.63) is 242 Å². The van der Waals surface area contributed by atoms with Gasteiger partial charge in [-0.15, -0.1) is 0 Å². The quantitative estimate of drug-likeness (QED) is 0.156. The van der Waals surface area contributed by atoms with Gasteiger partial charge in [0.1, 0.15) is 0 Å². The fourth-order valence-corrected chi connectivity index (χ4v) is 10.4. The van der Waals surface area contributed by atoms with E-state index in [1.807, 2.05) is 0 Å². The van der Waals surface area contributed by atoms with Gasteiger partial charge >= 0.3 is 0 Å². The second-order valence-electron chi connectivity index (χ2n) is 17.3. The smallest absolute Gasteiger partial charge is 0.0541 e. The lowest BCUT2D eigenvalue weighted by Gasteiger charge is -2.29. The van der Waals surface area contributed by atoms with Gasteiger partial charge in [-0.1, -0.05) is 190 Å². The minimum Gasteiger partial charge on any atom is -0.310 e. The number of aromatic nitrogens is 1. The second-order valence-corrected chi connectivity index (χ2v) is 17.3. The molecule has 0 radical (unpaired) electrons. The Bertz CT molecular complexity index is 3490. The summed E-state index contributed by atoms with van der Waals surface area (Å²) in [5, 5.41) is 5.02. The molecule has 0 bridgehead atoms. The van der Waals surface area contributed by atoms with Gasteiger partial charge in [0, 0.05) is 38.8 Å². The zero-order valence-corrected chi connectivity index (χ0v) is 35.3. The first-order valence-corrected chi connectivity index (χ1v) is 21.9. The molecule has 1 aliphatic carbocycles. The van der Waals surface area contributed by atoms with Crippen molar-refractivity contribution in [2.45, 2.75) is 19.3 Å². The second kappa shape index (κ2) is 14.6. The Morgan fingerprint density at radius 3 is 1.75 bits per heavy atom. The monoisotopic (exact) mass is 804 g/mol. The Balaban J connectivity index is 1.02. The lowest BCUT2D eigenvalue weighted by molar-refractivity contribution is 0.660. The number of rotatable bonds is 7. The number of fused-ring (bicyclic) bond motifs is 7. The molecule has 12 rings (SSSR count). The molecule has 2 nitrogen and oxygen atoms in total. The maximum Gasteiger partial charge on any atom is 0.0541 e. The van der Waals surface area contributed by atoms with E-state index in [0.29, 0.717) is 0 Å². The molecule has 11 aromatic rings. The van der Waals surface area contributed by atoms with Gasteiger partial charge in [-0.3, -0.25) is 0 Å². The maximum atomic E-state index is 2.45. The van der Waals surface area contributed by atoms with E-state index in [9.17, 15) is 0 Å². The lowest BCUT2D eigenvalue weighted by atomic mass is 9.82. The molecule has 0 atom stereocenters. The summed E-state index contributed by atoms with van der Waals surface area (Å²) in [6.45, 7) is 4.72. The lowest BCUT2D eigenvalue weighted by Crippen LogP contribution is -2.14. The molecule has 1 aromatic heterocycles. The van der Waals surface area contributed by atoms with Crippen LogP contribution in [0.3, 0.4) is 0 Å². The molecule has 0 fully saturated rings. The van der Waals surface area contributed by atoms with E-state index in [0.717, 1.165) is 22.7 Å². The Hall–Kier alpha value is -7.94. The predicted octanol–water partition coefficient (Wildman–Crippen LogP) is 16.7. The summed E-state index contributed by atoms with van der Waals surface area (Å²) in [5.41, 5.74) is 19.4. The Labute approximate surface area is 368 Å². The standard InChI is InChI=1S/C61H44N2/c1-61(2)55-30-9-5-27-54(55)60-53(29-16-31-56(60)61)52-26-8-10-32-57(52)62(46-21-14-20-44(40-46)49-28-15-18-42-17-3-4-23-48(42)49)45-37-35-41(36-38-45)43-19-13-22-47(39-43)63-58-33-11-6-24-50(58)51-25-7-12-34-59(51)63/h3-40H,1-2H3. The average Bonchev–Trinajstić information content (AvgIpc) is 3.80. The minimum absolute atomic E-state index is 0.0992. The van der Waals surface area contributed by atoms with E-state index < -0.39 is 0 Å². The van der Waals surface area contributed by atoms with Crippen LogP contribution in [-0.4, -0.2) is 4.57 Å². The summed E-state index contributed by atoms with van der Waals surface area (Å²) < 4.78 is 2.39. The summed E-state index contributed by atoms with van der Waals surface area (Å²) in [6, 6.07) is 84.6.